The van der Waals surface area contributed by atoms with Crippen LogP contribution in [0.2, 0.25) is 0 Å². The lowest BCUT2D eigenvalue weighted by Gasteiger charge is -2.36. The minimum atomic E-state index is -1.04. The second-order valence-electron chi connectivity index (χ2n) is 3.63. The van der Waals surface area contributed by atoms with Gasteiger partial charge in [0.1, 0.15) is 0 Å². The largest absolute Gasteiger partial charge is 0.481 e. The highest BCUT2D eigenvalue weighted by Crippen LogP contribution is 2.28. The lowest BCUT2D eigenvalue weighted by molar-refractivity contribution is -0.149. The third-order valence-corrected chi connectivity index (χ3v) is 2.63. The number of anilines is 1. The summed E-state index contributed by atoms with van der Waals surface area (Å²) in [4.78, 5) is 23.6. The number of hydrogen-bond donors (Lipinski definition) is 1. The third-order valence-electron chi connectivity index (χ3n) is 2.63. The molecule has 1 aromatic rings. The third kappa shape index (κ3) is 1.48. The van der Waals surface area contributed by atoms with Gasteiger partial charge in [-0.3, -0.25) is 9.59 Å². The first-order valence-electron chi connectivity index (χ1n) is 4.71. The van der Waals surface area contributed by atoms with Crippen LogP contribution < -0.4 is 4.90 Å². The van der Waals surface area contributed by atoms with Crippen molar-refractivity contribution in [1.29, 1.82) is 0 Å². The topological polar surface area (TPSA) is 57.6 Å². The van der Waals surface area contributed by atoms with Gasteiger partial charge in [0, 0.05) is 12.2 Å². The maximum absolute atomic E-state index is 11.5. The van der Waals surface area contributed by atoms with Crippen LogP contribution in [0.15, 0.2) is 24.3 Å². The number of rotatable bonds is 2. The summed E-state index contributed by atoms with van der Waals surface area (Å²) in [5.41, 5.74) is 1.79. The summed E-state index contributed by atoms with van der Waals surface area (Å²) in [5, 5.41) is 8.69. The number of aliphatic carboxylic acids is 1. The predicted octanol–water partition coefficient (Wildman–Crippen LogP) is 1.04. The van der Waals surface area contributed by atoms with E-state index in [1.54, 1.807) is 0 Å². The van der Waals surface area contributed by atoms with E-state index >= 15 is 0 Å². The number of carbonyl (C=O) groups is 2. The predicted molar refractivity (Wildman–Crippen MR) is 54.7 cm³/mol. The highest BCUT2D eigenvalue weighted by Gasteiger charge is 2.43. The van der Waals surface area contributed by atoms with Gasteiger partial charge in [0.15, 0.2) is 5.92 Å². The van der Waals surface area contributed by atoms with Gasteiger partial charge < -0.3 is 10.0 Å². The first kappa shape index (κ1) is 9.71. The highest BCUT2D eigenvalue weighted by atomic mass is 16.4. The molecule has 4 heteroatoms. The van der Waals surface area contributed by atoms with Gasteiger partial charge in [-0.05, 0) is 18.6 Å². The average Bonchev–Trinajstić information content (AvgIpc) is 2.18. The Labute approximate surface area is 87.1 Å². The Balaban J connectivity index is 2.20. The molecule has 4 nitrogen and oxygen atoms in total. The molecule has 1 aliphatic rings. The second kappa shape index (κ2) is 3.38. The van der Waals surface area contributed by atoms with E-state index in [2.05, 4.69) is 0 Å². The van der Waals surface area contributed by atoms with E-state index in [4.69, 9.17) is 5.11 Å². The first-order valence-corrected chi connectivity index (χ1v) is 4.71. The molecule has 1 amide bonds. The maximum Gasteiger partial charge on any atom is 0.317 e. The number of hydrogen-bond acceptors (Lipinski definition) is 2. The van der Waals surface area contributed by atoms with Gasteiger partial charge in [-0.15, -0.1) is 0 Å². The summed E-state index contributed by atoms with van der Waals surface area (Å²) in [6, 6.07) is 7.45. The van der Waals surface area contributed by atoms with Crippen molar-refractivity contribution >= 4 is 17.6 Å². The van der Waals surface area contributed by atoms with Crippen molar-refractivity contribution in [1.82, 2.24) is 0 Å². The van der Waals surface area contributed by atoms with Gasteiger partial charge in [0.25, 0.3) is 0 Å². The fourth-order valence-electron chi connectivity index (χ4n) is 1.69. The van der Waals surface area contributed by atoms with Gasteiger partial charge in [0.2, 0.25) is 5.91 Å². The van der Waals surface area contributed by atoms with Crippen LogP contribution in [-0.2, 0) is 9.59 Å². The van der Waals surface area contributed by atoms with E-state index in [0.29, 0.717) is 0 Å². The van der Waals surface area contributed by atoms with Crippen molar-refractivity contribution in [2.24, 2.45) is 5.92 Å². The molecular formula is C11H11NO3. The minimum absolute atomic E-state index is 0.277. The molecule has 1 N–H and O–H groups in total. The van der Waals surface area contributed by atoms with Crippen molar-refractivity contribution in [2.75, 3.05) is 11.4 Å². The Morgan fingerprint density at radius 3 is 2.67 bits per heavy atom. The van der Waals surface area contributed by atoms with Crippen molar-refractivity contribution in [3.05, 3.63) is 29.8 Å². The summed E-state index contributed by atoms with van der Waals surface area (Å²) in [5.74, 6) is -2.22. The Kier molecular flexibility index (Phi) is 2.19. The van der Waals surface area contributed by atoms with E-state index < -0.39 is 11.9 Å². The summed E-state index contributed by atoms with van der Waals surface area (Å²) in [7, 11) is 0. The van der Waals surface area contributed by atoms with Crippen molar-refractivity contribution in [2.45, 2.75) is 6.92 Å². The summed E-state index contributed by atoms with van der Waals surface area (Å²) in [6.45, 7) is 2.18. The van der Waals surface area contributed by atoms with Gasteiger partial charge in [-0.25, -0.2) is 0 Å². The number of amides is 1. The molecule has 1 aromatic carbocycles. The van der Waals surface area contributed by atoms with Crippen LogP contribution >= 0.6 is 0 Å². The zero-order chi connectivity index (χ0) is 11.0. The van der Waals surface area contributed by atoms with Crippen LogP contribution in [0.1, 0.15) is 5.56 Å². The van der Waals surface area contributed by atoms with E-state index in [9.17, 15) is 9.59 Å². The van der Waals surface area contributed by atoms with E-state index in [0.717, 1.165) is 11.3 Å². The number of benzene rings is 1. The molecule has 0 bridgehead atoms. The highest BCUT2D eigenvalue weighted by molar-refractivity contribution is 6.12. The van der Waals surface area contributed by atoms with Crippen LogP contribution in [0.5, 0.6) is 0 Å². The van der Waals surface area contributed by atoms with Crippen molar-refractivity contribution < 1.29 is 14.7 Å². The molecule has 1 unspecified atom stereocenters. The molecule has 1 fully saturated rings. The summed E-state index contributed by atoms with van der Waals surface area (Å²) in [6.07, 6.45) is 0. The van der Waals surface area contributed by atoms with Crippen molar-refractivity contribution in [3.8, 4) is 0 Å². The molecule has 0 spiro atoms. The number of carboxylic acid groups (broad SMARTS) is 1. The van der Waals surface area contributed by atoms with Crippen LogP contribution in [0.25, 0.3) is 0 Å². The summed E-state index contributed by atoms with van der Waals surface area (Å²) >= 11 is 0. The monoisotopic (exact) mass is 205 g/mol. The molecule has 15 heavy (non-hydrogen) atoms. The first-order chi connectivity index (χ1) is 7.11. The molecule has 1 atom stereocenters. The molecule has 2 rings (SSSR count). The SMILES string of the molecule is Cc1ccccc1N1CC(C(=O)O)C1=O. The smallest absolute Gasteiger partial charge is 0.317 e. The Bertz CT molecular complexity index is 428. The van der Waals surface area contributed by atoms with E-state index in [-0.39, 0.29) is 12.5 Å². The van der Waals surface area contributed by atoms with E-state index in [1.165, 1.54) is 4.90 Å². The van der Waals surface area contributed by atoms with Crippen LogP contribution in [-0.4, -0.2) is 23.5 Å². The fraction of sp³-hybridized carbons (Fsp3) is 0.273. The molecule has 1 saturated heterocycles. The molecule has 0 radical (unpaired) electrons. The van der Waals surface area contributed by atoms with Gasteiger partial charge in [-0.1, -0.05) is 18.2 Å². The normalized spacial score (nSPS) is 19.9. The maximum atomic E-state index is 11.5. The van der Waals surface area contributed by atoms with Gasteiger partial charge in [-0.2, -0.15) is 0 Å². The zero-order valence-electron chi connectivity index (χ0n) is 8.30. The molecule has 78 valence electrons. The van der Waals surface area contributed by atoms with Crippen LogP contribution in [0, 0.1) is 12.8 Å². The lowest BCUT2D eigenvalue weighted by Crippen LogP contribution is -2.56. The lowest BCUT2D eigenvalue weighted by atomic mass is 9.97. The number of para-hydroxylation sites is 1. The molecular weight excluding hydrogens is 194 g/mol. The molecule has 0 aliphatic carbocycles. The standard InChI is InChI=1S/C11H11NO3/c1-7-4-2-3-5-9(7)12-6-8(10(12)13)11(14)15/h2-5,8H,6H2,1H3,(H,14,15). The zero-order valence-corrected chi connectivity index (χ0v) is 8.30. The van der Waals surface area contributed by atoms with Gasteiger partial charge in [0.05, 0.1) is 0 Å². The molecule has 1 heterocycles. The summed E-state index contributed by atoms with van der Waals surface area (Å²) < 4.78 is 0. The van der Waals surface area contributed by atoms with Crippen LogP contribution in [0.3, 0.4) is 0 Å². The average molecular weight is 205 g/mol. The molecule has 0 saturated carbocycles. The number of aryl methyl sites for hydroxylation is 1. The molecule has 0 aromatic heterocycles. The number of β-lactam (4-membered cyclic amide) rings is 1. The van der Waals surface area contributed by atoms with Crippen molar-refractivity contribution in [3.63, 3.8) is 0 Å². The Hall–Kier alpha value is -1.84. The minimum Gasteiger partial charge on any atom is -0.481 e. The van der Waals surface area contributed by atoms with Gasteiger partial charge >= 0.3 is 5.97 Å². The number of nitrogens with zero attached hydrogens (tertiary/aromatic N) is 1. The second-order valence-corrected chi connectivity index (χ2v) is 3.63. The Morgan fingerprint density at radius 1 is 1.47 bits per heavy atom. The fourth-order valence-corrected chi connectivity index (χ4v) is 1.69. The van der Waals surface area contributed by atoms with E-state index in [1.807, 2.05) is 31.2 Å². The quantitative estimate of drug-likeness (QED) is 0.579. The molecule has 1 aliphatic heterocycles. The Morgan fingerprint density at radius 2 is 2.13 bits per heavy atom. The number of carbonyl (C=O) groups excluding carboxylic acids is 1. The van der Waals surface area contributed by atoms with Crippen LogP contribution in [0.4, 0.5) is 5.69 Å². The number of carboxylic acids is 1.